The second kappa shape index (κ2) is 31.2. The Morgan fingerprint density at radius 3 is 1.17 bits per heavy atom. The predicted molar refractivity (Wildman–Crippen MR) is 232 cm³/mol. The van der Waals surface area contributed by atoms with Crippen LogP contribution in [0.1, 0.15) is 202 Å². The molecule has 0 unspecified atom stereocenters. The van der Waals surface area contributed by atoms with Gasteiger partial charge in [-0.25, -0.2) is 0 Å². The number of hydrogen-bond acceptors (Lipinski definition) is 3. The summed E-state index contributed by atoms with van der Waals surface area (Å²) in [6, 6.07) is 10.5. The maximum Gasteiger partial charge on any atom is 0.104 e. The average Bonchev–Trinajstić information content (AvgIpc) is 3.12. The van der Waals surface area contributed by atoms with Crippen LogP contribution in [0.4, 0.5) is 0 Å². The summed E-state index contributed by atoms with van der Waals surface area (Å²) in [4.78, 5) is 0. The standard InChI is InChI=1S/C50H92O3/c1-41-18-12-20-43(3)24-16-28-47(7)34-36-51-39-50(40-52-38-49-30-10-9-11-31-49)53-37-35-48(8)29-17-25-44(4)21-13-19-42(2)23-15-27-46(6)33-32-45(5)26-14-22-41/h9-11,30-31,41-48,50H,12-29,32-40H2,1-8H3/t41-,42-,43+,44+,45-,46-,47+,48+,50-/m0/s1. The van der Waals surface area contributed by atoms with Gasteiger partial charge in [0.2, 0.25) is 0 Å². The van der Waals surface area contributed by atoms with Gasteiger partial charge >= 0.3 is 0 Å². The molecular weight excluding hydrogens is 649 g/mol. The van der Waals surface area contributed by atoms with Crippen molar-refractivity contribution in [1.82, 2.24) is 0 Å². The van der Waals surface area contributed by atoms with E-state index in [0.717, 1.165) is 61.6 Å². The first-order valence-electron chi connectivity index (χ1n) is 23.4. The minimum Gasteiger partial charge on any atom is -0.379 e. The highest BCUT2D eigenvalue weighted by molar-refractivity contribution is 5.13. The molecule has 3 nitrogen and oxygen atoms in total. The van der Waals surface area contributed by atoms with Crippen LogP contribution < -0.4 is 0 Å². The van der Waals surface area contributed by atoms with Gasteiger partial charge in [0.25, 0.3) is 0 Å². The lowest BCUT2D eigenvalue weighted by Crippen LogP contribution is -2.27. The highest BCUT2D eigenvalue weighted by atomic mass is 16.6. The van der Waals surface area contributed by atoms with E-state index >= 15 is 0 Å². The molecule has 0 bridgehead atoms. The smallest absolute Gasteiger partial charge is 0.104 e. The summed E-state index contributed by atoms with van der Waals surface area (Å²) in [7, 11) is 0. The normalized spacial score (nSPS) is 32.8. The fourth-order valence-electron chi connectivity index (χ4n) is 8.57. The molecule has 9 atom stereocenters. The quantitative estimate of drug-likeness (QED) is 0.308. The molecular formula is C50H92O3. The molecule has 1 heterocycles. The van der Waals surface area contributed by atoms with Crippen molar-refractivity contribution in [2.45, 2.75) is 209 Å². The molecule has 0 radical (unpaired) electrons. The Morgan fingerprint density at radius 2 is 0.774 bits per heavy atom. The van der Waals surface area contributed by atoms with E-state index in [0.29, 0.717) is 31.7 Å². The van der Waals surface area contributed by atoms with Gasteiger partial charge in [0.05, 0.1) is 19.8 Å². The highest BCUT2D eigenvalue weighted by Gasteiger charge is 2.15. The summed E-state index contributed by atoms with van der Waals surface area (Å²) in [5.74, 6) is 6.68. The largest absolute Gasteiger partial charge is 0.379 e. The molecule has 53 heavy (non-hydrogen) atoms. The average molecular weight is 741 g/mol. The van der Waals surface area contributed by atoms with Crippen molar-refractivity contribution in [2.24, 2.45) is 47.3 Å². The molecule has 2 rings (SSSR count). The third-order valence-corrected chi connectivity index (χ3v) is 13.0. The van der Waals surface area contributed by atoms with Gasteiger partial charge in [-0.2, -0.15) is 0 Å². The molecule has 0 saturated carbocycles. The van der Waals surface area contributed by atoms with Gasteiger partial charge in [0.15, 0.2) is 0 Å². The molecule has 1 aliphatic heterocycles. The predicted octanol–water partition coefficient (Wildman–Crippen LogP) is 15.3. The van der Waals surface area contributed by atoms with E-state index in [1.54, 1.807) is 0 Å². The Bertz CT molecular complexity index is 934. The van der Waals surface area contributed by atoms with E-state index in [1.807, 2.05) is 0 Å². The summed E-state index contributed by atoms with van der Waals surface area (Å²) < 4.78 is 18.8. The van der Waals surface area contributed by atoms with E-state index in [-0.39, 0.29) is 6.10 Å². The van der Waals surface area contributed by atoms with Crippen molar-refractivity contribution in [1.29, 1.82) is 0 Å². The molecule has 0 N–H and O–H groups in total. The van der Waals surface area contributed by atoms with E-state index < -0.39 is 0 Å². The highest BCUT2D eigenvalue weighted by Crippen LogP contribution is 2.27. The molecule has 1 saturated heterocycles. The Morgan fingerprint density at radius 1 is 0.434 bits per heavy atom. The van der Waals surface area contributed by atoms with Crippen LogP contribution in [0.25, 0.3) is 0 Å². The fraction of sp³-hybridized carbons (Fsp3) is 0.880. The molecule has 1 aliphatic rings. The maximum atomic E-state index is 6.42. The minimum atomic E-state index is -0.00376. The minimum absolute atomic E-state index is 0.00376. The van der Waals surface area contributed by atoms with Crippen molar-refractivity contribution in [2.75, 3.05) is 26.4 Å². The first-order valence-corrected chi connectivity index (χ1v) is 23.4. The van der Waals surface area contributed by atoms with Crippen molar-refractivity contribution >= 4 is 0 Å². The molecule has 3 heteroatoms. The van der Waals surface area contributed by atoms with Gasteiger partial charge in [0, 0.05) is 13.2 Å². The molecule has 0 aliphatic carbocycles. The van der Waals surface area contributed by atoms with Crippen molar-refractivity contribution in [3.63, 3.8) is 0 Å². The molecule has 1 fully saturated rings. The van der Waals surface area contributed by atoms with Crippen LogP contribution in [-0.2, 0) is 20.8 Å². The zero-order chi connectivity index (χ0) is 38.5. The van der Waals surface area contributed by atoms with Crippen LogP contribution in [0, 0.1) is 47.3 Å². The van der Waals surface area contributed by atoms with Crippen LogP contribution >= 0.6 is 0 Å². The second-order valence-electron chi connectivity index (χ2n) is 19.1. The number of rotatable bonds is 4. The lowest BCUT2D eigenvalue weighted by Gasteiger charge is -2.21. The molecule has 310 valence electrons. The first kappa shape index (κ1) is 48.2. The van der Waals surface area contributed by atoms with Crippen LogP contribution in [0.5, 0.6) is 0 Å². The van der Waals surface area contributed by atoms with E-state index in [4.69, 9.17) is 14.2 Å². The van der Waals surface area contributed by atoms with Gasteiger partial charge in [-0.15, -0.1) is 0 Å². The second-order valence-corrected chi connectivity index (χ2v) is 19.1. The molecule has 0 aromatic heterocycles. The monoisotopic (exact) mass is 741 g/mol. The molecule has 0 amide bonds. The van der Waals surface area contributed by atoms with E-state index in [2.05, 4.69) is 85.7 Å². The first-order chi connectivity index (χ1) is 25.6. The number of benzene rings is 1. The van der Waals surface area contributed by atoms with Gasteiger partial charge in [-0.1, -0.05) is 214 Å². The summed E-state index contributed by atoms with van der Waals surface area (Å²) in [5.41, 5.74) is 1.21. The Labute approximate surface area is 332 Å². The van der Waals surface area contributed by atoms with Gasteiger partial charge in [0.1, 0.15) is 6.10 Å². The molecule has 0 spiro atoms. The van der Waals surface area contributed by atoms with E-state index in [9.17, 15) is 0 Å². The van der Waals surface area contributed by atoms with Gasteiger partial charge in [-0.05, 0) is 65.7 Å². The Balaban J connectivity index is 1.81. The Hall–Kier alpha value is -0.900. The molecule has 1 aromatic carbocycles. The topological polar surface area (TPSA) is 27.7 Å². The third kappa shape index (κ3) is 27.4. The van der Waals surface area contributed by atoms with Crippen LogP contribution in [-0.4, -0.2) is 32.5 Å². The summed E-state index contributed by atoms with van der Waals surface area (Å²) in [5, 5.41) is 0. The zero-order valence-corrected chi connectivity index (χ0v) is 36.9. The Kier molecular flexibility index (Phi) is 28.4. The van der Waals surface area contributed by atoms with Crippen LogP contribution in [0.3, 0.4) is 0 Å². The van der Waals surface area contributed by atoms with Crippen LogP contribution in [0.15, 0.2) is 30.3 Å². The van der Waals surface area contributed by atoms with E-state index in [1.165, 1.54) is 134 Å². The zero-order valence-electron chi connectivity index (χ0n) is 36.9. The number of hydrogen-bond donors (Lipinski definition) is 0. The van der Waals surface area contributed by atoms with Crippen molar-refractivity contribution in [3.8, 4) is 0 Å². The van der Waals surface area contributed by atoms with Crippen molar-refractivity contribution < 1.29 is 14.2 Å². The lowest BCUT2D eigenvalue weighted by molar-refractivity contribution is -0.0670. The van der Waals surface area contributed by atoms with Gasteiger partial charge < -0.3 is 14.2 Å². The van der Waals surface area contributed by atoms with Crippen molar-refractivity contribution in [3.05, 3.63) is 35.9 Å². The lowest BCUT2D eigenvalue weighted by atomic mass is 9.88. The van der Waals surface area contributed by atoms with Crippen LogP contribution in [0.2, 0.25) is 0 Å². The SMILES string of the molecule is C[C@@H]1CCC[C@H](C)CCC[C@H](C)CC[C@@H](C)CCC[C@@H](C)CCC[C@@H](C)CCC[C@@H](C)CCO[C@H](COCc2ccccc2)COCC[C@H](C)CCC1. The summed E-state index contributed by atoms with van der Waals surface area (Å²) >= 11 is 0. The summed E-state index contributed by atoms with van der Waals surface area (Å²) in [6.07, 6.45) is 30.2. The molecule has 1 aromatic rings. The number of ether oxygens (including phenoxy) is 3. The maximum absolute atomic E-state index is 6.42. The van der Waals surface area contributed by atoms with Gasteiger partial charge in [-0.3, -0.25) is 0 Å². The fourth-order valence-corrected chi connectivity index (χ4v) is 8.57. The summed E-state index contributed by atoms with van der Waals surface area (Å²) in [6.45, 7) is 23.3. The third-order valence-electron chi connectivity index (χ3n) is 13.0.